The zero-order valence-electron chi connectivity index (χ0n) is 16.0. The van der Waals surface area contributed by atoms with Crippen LogP contribution >= 0.6 is 0 Å². The van der Waals surface area contributed by atoms with Crippen molar-refractivity contribution >= 4 is 22.8 Å². The maximum absolute atomic E-state index is 12.9. The Morgan fingerprint density at radius 2 is 2.14 bits per heavy atom. The van der Waals surface area contributed by atoms with E-state index >= 15 is 0 Å². The van der Waals surface area contributed by atoms with Crippen LogP contribution in [0.25, 0.3) is 10.9 Å². The molecule has 0 saturated carbocycles. The summed E-state index contributed by atoms with van der Waals surface area (Å²) in [5.41, 5.74) is 1.54. The van der Waals surface area contributed by atoms with Crippen LogP contribution in [0.1, 0.15) is 29.8 Å². The molecule has 5 rings (SSSR count). The fourth-order valence-corrected chi connectivity index (χ4v) is 4.45. The van der Waals surface area contributed by atoms with E-state index in [9.17, 15) is 4.79 Å². The van der Waals surface area contributed by atoms with Gasteiger partial charge in [0.2, 0.25) is 5.95 Å². The number of carbonyl (C=O) groups excluding carboxylic acids is 1. The largest absolute Gasteiger partial charge is 0.373 e. The molecule has 1 aromatic carbocycles. The number of anilines is 1. The predicted molar refractivity (Wildman–Crippen MR) is 107 cm³/mol. The number of fused-ring (bicyclic) bond motifs is 1. The Morgan fingerprint density at radius 3 is 2.89 bits per heavy atom. The average molecular weight is 379 g/mol. The highest BCUT2D eigenvalue weighted by molar-refractivity contribution is 5.98. The minimum Gasteiger partial charge on any atom is -0.373 e. The third-order valence-corrected chi connectivity index (χ3v) is 6.09. The standard InChI is InChI=1S/C21H25N5O2/c1-25-11-8-22-20(25)23-16-13-21(28-14-16)6-9-26(10-7-21)19(27)18-12-15-4-2-3-5-17(15)24-18/h2-5,8,11-12,16,24H,6-7,9-10,13-14H2,1H3,(H,22,23). The lowest BCUT2D eigenvalue weighted by Crippen LogP contribution is -2.46. The number of nitrogens with one attached hydrogen (secondary N) is 2. The first-order chi connectivity index (χ1) is 13.6. The Kier molecular flexibility index (Phi) is 4.12. The number of nitrogens with zero attached hydrogens (tertiary/aromatic N) is 3. The molecule has 2 fully saturated rings. The van der Waals surface area contributed by atoms with E-state index in [0.29, 0.717) is 12.3 Å². The fraction of sp³-hybridized carbons (Fsp3) is 0.429. The second-order valence-electron chi connectivity index (χ2n) is 7.96. The molecule has 1 amide bonds. The lowest BCUT2D eigenvalue weighted by Gasteiger charge is -2.38. The Bertz CT molecular complexity index is 966. The first-order valence-corrected chi connectivity index (χ1v) is 9.87. The van der Waals surface area contributed by atoms with Gasteiger partial charge in [-0.2, -0.15) is 0 Å². The van der Waals surface area contributed by atoms with Gasteiger partial charge >= 0.3 is 0 Å². The number of likely N-dealkylation sites (tertiary alicyclic amines) is 1. The Hall–Kier alpha value is -2.80. The number of amides is 1. The van der Waals surface area contributed by atoms with Crippen LogP contribution in [0.4, 0.5) is 5.95 Å². The van der Waals surface area contributed by atoms with Crippen molar-refractivity contribution in [2.75, 3.05) is 25.0 Å². The first-order valence-electron chi connectivity index (χ1n) is 9.87. The number of hydrogen-bond acceptors (Lipinski definition) is 4. The summed E-state index contributed by atoms with van der Waals surface area (Å²) in [6, 6.07) is 10.2. The molecular weight excluding hydrogens is 354 g/mol. The maximum atomic E-state index is 12.9. The third kappa shape index (κ3) is 3.05. The summed E-state index contributed by atoms with van der Waals surface area (Å²) in [7, 11) is 1.98. The van der Waals surface area contributed by atoms with E-state index in [4.69, 9.17) is 4.74 Å². The van der Waals surface area contributed by atoms with E-state index < -0.39 is 0 Å². The molecule has 1 spiro atoms. The lowest BCUT2D eigenvalue weighted by atomic mass is 9.87. The molecule has 3 aromatic rings. The molecule has 1 atom stereocenters. The molecule has 2 aliphatic rings. The van der Waals surface area contributed by atoms with Crippen LogP contribution in [0, 0.1) is 0 Å². The highest BCUT2D eigenvalue weighted by atomic mass is 16.5. The number of hydrogen-bond donors (Lipinski definition) is 2. The van der Waals surface area contributed by atoms with Crippen LogP contribution in [-0.4, -0.2) is 56.7 Å². The van der Waals surface area contributed by atoms with Crippen LogP contribution < -0.4 is 5.32 Å². The number of carbonyl (C=O) groups is 1. The smallest absolute Gasteiger partial charge is 0.270 e. The van der Waals surface area contributed by atoms with Gasteiger partial charge < -0.3 is 24.5 Å². The van der Waals surface area contributed by atoms with Gasteiger partial charge in [0.15, 0.2) is 0 Å². The second kappa shape index (κ2) is 6.67. The van der Waals surface area contributed by atoms with Crippen molar-refractivity contribution in [2.45, 2.75) is 30.9 Å². The van der Waals surface area contributed by atoms with E-state index in [2.05, 4.69) is 15.3 Å². The Morgan fingerprint density at radius 1 is 1.32 bits per heavy atom. The normalized spacial score (nSPS) is 21.5. The van der Waals surface area contributed by atoms with Gasteiger partial charge in [0.1, 0.15) is 5.69 Å². The molecule has 1 unspecified atom stereocenters. The van der Waals surface area contributed by atoms with Gasteiger partial charge in [0.05, 0.1) is 18.2 Å². The minimum absolute atomic E-state index is 0.0757. The number of aryl methyl sites for hydroxylation is 1. The van der Waals surface area contributed by atoms with Crippen LogP contribution in [0.2, 0.25) is 0 Å². The van der Waals surface area contributed by atoms with Crippen LogP contribution in [0.3, 0.4) is 0 Å². The van der Waals surface area contributed by atoms with Gasteiger partial charge in [-0.25, -0.2) is 4.98 Å². The van der Waals surface area contributed by atoms with Crippen molar-refractivity contribution in [2.24, 2.45) is 7.05 Å². The number of aromatic amines is 1. The van der Waals surface area contributed by atoms with Crippen molar-refractivity contribution in [3.8, 4) is 0 Å². The second-order valence-corrected chi connectivity index (χ2v) is 7.96. The molecule has 0 bridgehead atoms. The number of piperidine rings is 1. The fourth-order valence-electron chi connectivity index (χ4n) is 4.45. The topological polar surface area (TPSA) is 75.2 Å². The molecule has 146 valence electrons. The van der Waals surface area contributed by atoms with E-state index in [0.717, 1.165) is 49.2 Å². The molecule has 4 heterocycles. The minimum atomic E-state index is -0.125. The number of aromatic nitrogens is 3. The van der Waals surface area contributed by atoms with Crippen LogP contribution in [-0.2, 0) is 11.8 Å². The van der Waals surface area contributed by atoms with Crippen molar-refractivity contribution in [1.82, 2.24) is 19.4 Å². The molecule has 0 radical (unpaired) electrons. The summed E-state index contributed by atoms with van der Waals surface area (Å²) >= 11 is 0. The maximum Gasteiger partial charge on any atom is 0.270 e. The molecule has 7 heteroatoms. The monoisotopic (exact) mass is 379 g/mol. The summed E-state index contributed by atoms with van der Waals surface area (Å²) < 4.78 is 8.20. The summed E-state index contributed by atoms with van der Waals surface area (Å²) in [6.45, 7) is 2.13. The average Bonchev–Trinajstić information content (AvgIpc) is 3.42. The number of benzene rings is 1. The number of H-pyrrole nitrogens is 1. The summed E-state index contributed by atoms with van der Waals surface area (Å²) in [4.78, 5) is 22.4. The number of ether oxygens (including phenoxy) is 1. The number of imidazole rings is 1. The van der Waals surface area contributed by atoms with Gasteiger partial charge in [-0.05, 0) is 31.4 Å². The highest BCUT2D eigenvalue weighted by Gasteiger charge is 2.43. The quantitative estimate of drug-likeness (QED) is 0.734. The molecule has 0 aliphatic carbocycles. The van der Waals surface area contributed by atoms with Gasteiger partial charge in [-0.3, -0.25) is 4.79 Å². The Labute approximate surface area is 163 Å². The molecule has 7 nitrogen and oxygen atoms in total. The van der Waals surface area contributed by atoms with E-state index in [1.165, 1.54) is 0 Å². The van der Waals surface area contributed by atoms with E-state index in [1.54, 1.807) is 6.20 Å². The van der Waals surface area contributed by atoms with E-state index in [1.807, 2.05) is 53.0 Å². The molecule has 2 aromatic heterocycles. The van der Waals surface area contributed by atoms with Crippen molar-refractivity contribution in [1.29, 1.82) is 0 Å². The van der Waals surface area contributed by atoms with E-state index in [-0.39, 0.29) is 17.6 Å². The van der Waals surface area contributed by atoms with Crippen LogP contribution in [0.5, 0.6) is 0 Å². The van der Waals surface area contributed by atoms with Crippen molar-refractivity contribution < 1.29 is 9.53 Å². The molecule has 28 heavy (non-hydrogen) atoms. The number of rotatable bonds is 3. The van der Waals surface area contributed by atoms with Gasteiger partial charge in [0, 0.05) is 43.4 Å². The SMILES string of the molecule is Cn1ccnc1NC1COC2(CCN(C(=O)c3cc4ccccc4[nH]3)CC2)C1. The zero-order valence-corrected chi connectivity index (χ0v) is 16.0. The molecule has 2 saturated heterocycles. The van der Waals surface area contributed by atoms with Gasteiger partial charge in [-0.15, -0.1) is 0 Å². The predicted octanol–water partition coefficient (Wildman–Crippen LogP) is 2.78. The highest BCUT2D eigenvalue weighted by Crippen LogP contribution is 2.37. The van der Waals surface area contributed by atoms with Gasteiger partial charge in [-0.1, -0.05) is 18.2 Å². The molecular formula is C21H25N5O2. The molecule has 2 aliphatic heterocycles. The third-order valence-electron chi connectivity index (χ3n) is 6.09. The summed E-state index contributed by atoms with van der Waals surface area (Å²) in [5, 5.41) is 4.55. The first kappa shape index (κ1) is 17.3. The molecule has 2 N–H and O–H groups in total. The number of para-hydroxylation sites is 1. The Balaban J connectivity index is 1.21. The zero-order chi connectivity index (χ0) is 19.1. The lowest BCUT2D eigenvalue weighted by molar-refractivity contribution is -0.0388. The van der Waals surface area contributed by atoms with Crippen LogP contribution in [0.15, 0.2) is 42.7 Å². The van der Waals surface area contributed by atoms with Gasteiger partial charge in [0.25, 0.3) is 5.91 Å². The summed E-state index contributed by atoms with van der Waals surface area (Å²) in [6.07, 6.45) is 6.42. The summed E-state index contributed by atoms with van der Waals surface area (Å²) in [5.74, 6) is 0.948. The van der Waals surface area contributed by atoms with Crippen molar-refractivity contribution in [3.05, 3.63) is 48.4 Å². The van der Waals surface area contributed by atoms with Crippen molar-refractivity contribution in [3.63, 3.8) is 0 Å².